The van der Waals surface area contributed by atoms with Crippen molar-refractivity contribution in [3.05, 3.63) is 76.0 Å². The Morgan fingerprint density at radius 1 is 0.579 bits per heavy atom. The van der Waals surface area contributed by atoms with Crippen molar-refractivity contribution >= 4 is 124 Å². The third kappa shape index (κ3) is 27.1. The lowest BCUT2D eigenvalue weighted by Crippen LogP contribution is -2.41. The predicted octanol–water partition coefficient (Wildman–Crippen LogP) is 13.9. The lowest BCUT2D eigenvalue weighted by atomic mass is 9.76. The number of nitrogens with zero attached hydrogens (tertiary/aromatic N) is 11. The number of benzene rings is 2. The van der Waals surface area contributed by atoms with Crippen LogP contribution in [0.25, 0.3) is 11.3 Å². The number of halogens is 12. The molecule has 40 heteroatoms. The Hall–Kier alpha value is -6.42. The number of rotatable bonds is 14. The van der Waals surface area contributed by atoms with Gasteiger partial charge in [-0.15, -0.1) is 12.4 Å². The zero-order chi connectivity index (χ0) is 81.1. The van der Waals surface area contributed by atoms with Crippen molar-refractivity contribution in [2.45, 2.75) is 190 Å². The van der Waals surface area contributed by atoms with Crippen LogP contribution in [0.4, 0.5) is 89.8 Å². The average Bonchev–Trinajstić information content (AvgIpc) is 1.59. The van der Waals surface area contributed by atoms with Crippen molar-refractivity contribution in [2.75, 3.05) is 147 Å². The smallest absolute Gasteiger partial charge is 0.399 e. The second-order valence-corrected chi connectivity index (χ2v) is 33.6. The van der Waals surface area contributed by atoms with Crippen LogP contribution in [0.1, 0.15) is 129 Å². The van der Waals surface area contributed by atoms with E-state index >= 15 is 0 Å². The summed E-state index contributed by atoms with van der Waals surface area (Å²) in [5.41, 5.74) is 9.85. The summed E-state index contributed by atoms with van der Waals surface area (Å²) in [6.07, 6.45) is -1.02. The quantitative estimate of drug-likeness (QED) is 0.0299. The predicted molar refractivity (Wildman–Crippen MR) is 431 cm³/mol. The lowest BCUT2D eigenvalue weighted by molar-refractivity contribution is -0.143. The Bertz CT molecular complexity index is 4130. The first-order chi connectivity index (χ1) is 52.6. The van der Waals surface area contributed by atoms with Gasteiger partial charge in [0.1, 0.15) is 27.8 Å². The number of urea groups is 2. The highest BCUT2D eigenvalue weighted by molar-refractivity contribution is 7.90. The topological polar surface area (TPSA) is 282 Å². The van der Waals surface area contributed by atoms with Crippen molar-refractivity contribution in [3.63, 3.8) is 0 Å². The van der Waals surface area contributed by atoms with Gasteiger partial charge in [0.15, 0.2) is 0 Å². The van der Waals surface area contributed by atoms with Crippen LogP contribution in [0.2, 0.25) is 10.3 Å². The maximum Gasteiger partial charge on any atom is 0.495 e. The second kappa shape index (κ2) is 39.9. The lowest BCUT2D eigenvalue weighted by Gasteiger charge is -2.32. The highest BCUT2D eigenvalue weighted by atomic mass is 35.5. The van der Waals surface area contributed by atoms with Crippen LogP contribution in [0.3, 0.4) is 0 Å². The molecule has 634 valence electrons. The first kappa shape index (κ1) is 93.1. The second-order valence-electron chi connectivity index (χ2n) is 30.9. The van der Waals surface area contributed by atoms with Gasteiger partial charge >= 0.3 is 25.4 Å². The summed E-state index contributed by atoms with van der Waals surface area (Å²) in [4.78, 5) is 60.4. The number of carbonyl (C=O) groups is 2. The number of anilines is 7. The third-order valence-electron chi connectivity index (χ3n) is 21.4. The maximum atomic E-state index is 13.8. The maximum absolute atomic E-state index is 13.8. The molecule has 6 N–H and O–H groups in total. The van der Waals surface area contributed by atoms with Gasteiger partial charge in [-0.3, -0.25) is 0 Å². The van der Waals surface area contributed by atoms with E-state index in [0.29, 0.717) is 150 Å². The van der Waals surface area contributed by atoms with E-state index in [1.165, 1.54) is 4.90 Å². The first-order valence-corrected chi connectivity index (χ1v) is 40.6. The Balaban J connectivity index is 0.000000189. The van der Waals surface area contributed by atoms with E-state index in [1.807, 2.05) is 86.6 Å². The number of nitrogens with one attached hydrogen (secondary N) is 4. The number of alkyl halides is 9. The van der Waals surface area contributed by atoms with E-state index in [4.69, 9.17) is 57.4 Å². The zero-order valence-electron chi connectivity index (χ0n) is 65.3. The number of aromatic nitrogens is 6. The van der Waals surface area contributed by atoms with Gasteiger partial charge < -0.3 is 75.0 Å². The number of aryl methyl sites for hydroxylation is 2. The summed E-state index contributed by atoms with van der Waals surface area (Å²) >= 11 is 11.8. The Morgan fingerprint density at radius 2 is 1.01 bits per heavy atom. The van der Waals surface area contributed by atoms with Gasteiger partial charge in [-0.2, -0.15) is 36.6 Å². The number of morpholine rings is 3. The van der Waals surface area contributed by atoms with Crippen LogP contribution < -0.4 is 47.2 Å². The van der Waals surface area contributed by atoms with Crippen LogP contribution >= 0.6 is 49.1 Å². The van der Waals surface area contributed by atoms with Gasteiger partial charge in [0.2, 0.25) is 44.7 Å². The molecule has 6 saturated heterocycles. The molecule has 9 heterocycles. The number of ether oxygens (including phenoxy) is 3. The van der Waals surface area contributed by atoms with E-state index in [1.54, 1.807) is 24.3 Å². The number of likely N-dealkylation sites (tertiary alicyclic amines) is 2. The molecule has 6 aliphatic heterocycles. The number of hydrogen-bond acceptors (Lipinski definition) is 21. The highest BCUT2D eigenvalue weighted by Crippen LogP contribution is 2.41. The molecular formula is C74H105BCl3F9N16O9S2. The molecule has 5 atom stereocenters. The molecule has 3 unspecified atom stereocenters. The van der Waals surface area contributed by atoms with Crippen LogP contribution in [-0.2, 0) is 33.4 Å². The van der Waals surface area contributed by atoms with Crippen LogP contribution in [0.5, 0.6) is 0 Å². The van der Waals surface area contributed by atoms with Crippen LogP contribution in [-0.4, -0.2) is 232 Å². The van der Waals surface area contributed by atoms with E-state index < -0.39 is 70.5 Å². The third-order valence-corrected chi connectivity index (χ3v) is 22.6. The minimum atomic E-state index is -4.20. The standard InChI is InChI=1S/C27H36F2N6O2.C20H28BF3N2O3.C13H17ClF2N4O.C9H12ClN3O3S.C5H9F2N.ClH.H2S/c1-3-19-7-9-35(17-19)26(36)31-20-5-4-18(2)22(14-20)23-15-24(34-10-12-37-13-11-34)33-25(32-23)30-21-6-8-27(28,29)16-21;1-13-6-7-15(10-16(13)21-28-18(2,3)19(4,5)29-21)25-17(27)26-9-8-14(12-26)11-20(22,23)24;14-10-7-11(20-3-5-21-6-4-20)19-12(18-10)17-9-1-2-13(15,16)8-9;1-17(14,15)9-11-7(10)6-8(12-9)13-2-4-16-5-3-13;6-5(7)2-1-4(8)3-5;;/h4-5,14-15,19,21H,3,6-13,16-17H2,1-2H3,(H,31,36)(H,30,32,33);6-7,10,14H,8-9,11-12H2,1-5H3,(H,25,27);7,9H,1-6,8H2,(H,17,18,19);6H,2-5H2,1H3;4H,1-3,8H2;1H;1H2/t19-,21?;14-;;;;;/m10...../s1. The van der Waals surface area contributed by atoms with Crippen molar-refractivity contribution in [1.82, 2.24) is 39.7 Å². The summed E-state index contributed by atoms with van der Waals surface area (Å²) in [6.45, 7) is 23.8. The molecule has 5 aromatic rings. The number of hydrogen-bond donors (Lipinski definition) is 5. The van der Waals surface area contributed by atoms with Gasteiger partial charge in [-0.05, 0) is 121 Å². The number of nitrogens with two attached hydrogens (primary N) is 1. The molecular weight excluding hydrogens is 1610 g/mol. The molecule has 25 nitrogen and oxygen atoms in total. The van der Waals surface area contributed by atoms with E-state index in [0.717, 1.165) is 73.2 Å². The van der Waals surface area contributed by atoms with Gasteiger partial charge in [0, 0.05) is 170 Å². The van der Waals surface area contributed by atoms with Crippen molar-refractivity contribution < 1.29 is 81.0 Å². The van der Waals surface area contributed by atoms with Crippen molar-refractivity contribution in [3.8, 4) is 11.3 Å². The number of carbonyl (C=O) groups excluding carboxylic acids is 2. The SMILES string of the molecule is CC[C@@H]1CCN(C(=O)Nc2ccc(C)c(-c3cc(N4CCOCC4)nc(NC4CCC(F)(F)C4)n3)c2)C1.CS(=O)(=O)c1nc(Cl)cc(N2CCOCC2)n1.Cc1ccc(NC(=O)N2CC[C@@H](CC(F)(F)F)C2)cc1B1OC(C)(C)C(C)(C)O1.Cl.FC1(F)CCC(Nc2nc(Cl)cc(N3CCOCC3)n2)C1.NC1CCC(F)(F)C1.S. The Kier molecular flexibility index (Phi) is 32.6. The molecule has 114 heavy (non-hydrogen) atoms. The molecule has 0 radical (unpaired) electrons. The highest BCUT2D eigenvalue weighted by Gasteiger charge is 2.52. The summed E-state index contributed by atoms with van der Waals surface area (Å²) in [5, 5.41) is 12.2. The van der Waals surface area contributed by atoms with E-state index in [-0.39, 0.29) is 105 Å². The van der Waals surface area contributed by atoms with Gasteiger partial charge in [0.05, 0.1) is 56.5 Å². The molecule has 0 bridgehead atoms. The summed E-state index contributed by atoms with van der Waals surface area (Å²) < 4.78 is 167. The van der Waals surface area contributed by atoms with Crippen molar-refractivity contribution in [2.24, 2.45) is 17.6 Å². The minimum Gasteiger partial charge on any atom is -0.399 e. The molecule has 3 aromatic heterocycles. The minimum absolute atomic E-state index is 0. The fourth-order valence-electron chi connectivity index (χ4n) is 14.2. The molecule has 0 spiro atoms. The molecule has 3 saturated carbocycles. The Morgan fingerprint density at radius 3 is 1.44 bits per heavy atom. The normalized spacial score (nSPS) is 23.2. The van der Waals surface area contributed by atoms with Crippen molar-refractivity contribution in [1.29, 1.82) is 0 Å². The largest absolute Gasteiger partial charge is 0.495 e. The number of amides is 4. The molecule has 2 aromatic carbocycles. The fourth-order valence-corrected chi connectivity index (χ4v) is 15.1. The van der Waals surface area contributed by atoms with Crippen LogP contribution in [0.15, 0.2) is 59.8 Å². The van der Waals surface area contributed by atoms with Gasteiger partial charge in [-0.1, -0.05) is 54.2 Å². The average molecular weight is 1720 g/mol. The van der Waals surface area contributed by atoms with E-state index in [2.05, 4.69) is 58.0 Å². The van der Waals surface area contributed by atoms with Gasteiger partial charge in [-0.25, -0.2) is 64.3 Å². The van der Waals surface area contributed by atoms with E-state index in [9.17, 15) is 57.5 Å². The molecule has 9 aliphatic rings. The fraction of sp³-hybridized carbons (Fsp3) is 0.649. The zero-order valence-corrected chi connectivity index (χ0v) is 69.5. The first-order valence-electron chi connectivity index (χ1n) is 38.0. The molecule has 14 rings (SSSR count). The molecule has 9 fully saturated rings. The van der Waals surface area contributed by atoms with Crippen LogP contribution in [0, 0.1) is 25.7 Å². The number of sulfone groups is 1. The Labute approximate surface area is 683 Å². The monoisotopic (exact) mass is 1710 g/mol. The molecule has 4 amide bonds. The summed E-state index contributed by atoms with van der Waals surface area (Å²) in [7, 11) is -4.01. The summed E-state index contributed by atoms with van der Waals surface area (Å²) in [6, 6.07) is 15.0. The molecule has 3 aliphatic carbocycles. The summed E-state index contributed by atoms with van der Waals surface area (Å²) in [5.74, 6) is -5.08. The van der Waals surface area contributed by atoms with Gasteiger partial charge in [0.25, 0.3) is 0 Å².